The number of carbonyl (C=O) groups is 2. The summed E-state index contributed by atoms with van der Waals surface area (Å²) in [4.78, 5) is 32.1. The first-order valence-corrected chi connectivity index (χ1v) is 5.18. The summed E-state index contributed by atoms with van der Waals surface area (Å²) in [7, 11) is 0. The number of hydrogen-bond donors (Lipinski definition) is 2. The van der Waals surface area contributed by atoms with E-state index in [1.165, 1.54) is 19.1 Å². The molecule has 2 N–H and O–H groups in total. The molecule has 1 aromatic carbocycles. The van der Waals surface area contributed by atoms with Gasteiger partial charge in [-0.25, -0.2) is 0 Å². The zero-order chi connectivity index (χ0) is 13.9. The third kappa shape index (κ3) is 3.17. The number of nitrogens with one attached hydrogen (secondary N) is 1. The van der Waals surface area contributed by atoms with Crippen LogP contribution in [-0.4, -0.2) is 27.9 Å². The highest BCUT2D eigenvalue weighted by atomic mass is 35.5. The zero-order valence-corrected chi connectivity index (χ0v) is 9.97. The van der Waals surface area contributed by atoms with Gasteiger partial charge < -0.3 is 10.4 Å². The molecule has 0 radical (unpaired) electrons. The molecular weight excluding hydrogens is 264 g/mol. The Hall–Kier alpha value is -2.15. The summed E-state index contributed by atoms with van der Waals surface area (Å²) < 4.78 is 0. The lowest BCUT2D eigenvalue weighted by Crippen LogP contribution is -2.38. The lowest BCUT2D eigenvalue weighted by molar-refractivity contribution is -0.384. The number of carboxylic acids is 1. The van der Waals surface area contributed by atoms with Gasteiger partial charge in [-0.1, -0.05) is 11.6 Å². The second-order valence-electron chi connectivity index (χ2n) is 3.46. The Labute approximate surface area is 107 Å². The minimum atomic E-state index is -1.20. The second kappa shape index (κ2) is 5.46. The lowest BCUT2D eigenvalue weighted by atomic mass is 10.2. The molecule has 7 nitrogen and oxygen atoms in total. The van der Waals surface area contributed by atoms with E-state index in [1.54, 1.807) is 0 Å². The van der Waals surface area contributed by atoms with Crippen LogP contribution < -0.4 is 5.32 Å². The number of aliphatic carboxylic acids is 1. The molecule has 1 atom stereocenters. The first-order valence-electron chi connectivity index (χ1n) is 4.80. The standard InChI is InChI=1S/C10H9ClN2O5/c1-5(10(15)16)12-9(14)6-2-3-7(11)8(4-6)13(17)18/h2-5H,1H3,(H,12,14)(H,15,16). The van der Waals surface area contributed by atoms with Crippen molar-refractivity contribution in [3.05, 3.63) is 38.9 Å². The quantitative estimate of drug-likeness (QED) is 0.637. The maximum atomic E-state index is 11.6. The molecule has 1 unspecified atom stereocenters. The molecule has 0 aliphatic rings. The van der Waals surface area contributed by atoms with Gasteiger partial charge in [0, 0.05) is 11.6 Å². The summed E-state index contributed by atoms with van der Waals surface area (Å²) in [5, 5.41) is 21.3. The summed E-state index contributed by atoms with van der Waals surface area (Å²) in [5.74, 6) is -1.92. The molecule has 0 saturated heterocycles. The normalized spacial score (nSPS) is 11.7. The molecule has 0 bridgehead atoms. The summed E-state index contributed by atoms with van der Waals surface area (Å²) in [6.45, 7) is 1.28. The monoisotopic (exact) mass is 272 g/mol. The maximum Gasteiger partial charge on any atom is 0.325 e. The van der Waals surface area contributed by atoms with Gasteiger partial charge in [-0.3, -0.25) is 19.7 Å². The van der Waals surface area contributed by atoms with Gasteiger partial charge in [0.1, 0.15) is 11.1 Å². The van der Waals surface area contributed by atoms with Gasteiger partial charge in [-0.05, 0) is 19.1 Å². The third-order valence-corrected chi connectivity index (χ3v) is 2.44. The van der Waals surface area contributed by atoms with E-state index in [0.717, 1.165) is 6.07 Å². The van der Waals surface area contributed by atoms with E-state index in [1.807, 2.05) is 0 Å². The van der Waals surface area contributed by atoms with Crippen LogP contribution in [0.15, 0.2) is 18.2 Å². The van der Waals surface area contributed by atoms with Crippen molar-refractivity contribution in [3.8, 4) is 0 Å². The summed E-state index contributed by atoms with van der Waals surface area (Å²) in [6, 6.07) is 2.39. The van der Waals surface area contributed by atoms with Crippen LogP contribution >= 0.6 is 11.6 Å². The van der Waals surface area contributed by atoms with E-state index in [9.17, 15) is 19.7 Å². The van der Waals surface area contributed by atoms with Crippen LogP contribution in [0.25, 0.3) is 0 Å². The highest BCUT2D eigenvalue weighted by molar-refractivity contribution is 6.32. The lowest BCUT2D eigenvalue weighted by Gasteiger charge is -2.09. The average Bonchev–Trinajstić information content (AvgIpc) is 2.28. The summed E-state index contributed by atoms with van der Waals surface area (Å²) >= 11 is 5.58. The number of nitro benzene ring substituents is 1. The largest absolute Gasteiger partial charge is 0.480 e. The van der Waals surface area contributed by atoms with Gasteiger partial charge >= 0.3 is 5.97 Å². The van der Waals surface area contributed by atoms with Crippen LogP contribution in [0.5, 0.6) is 0 Å². The predicted molar refractivity (Wildman–Crippen MR) is 62.7 cm³/mol. The predicted octanol–water partition coefficient (Wildman–Crippen LogP) is 1.45. The molecule has 0 aliphatic carbocycles. The van der Waals surface area contributed by atoms with E-state index in [2.05, 4.69) is 5.32 Å². The van der Waals surface area contributed by atoms with E-state index in [4.69, 9.17) is 16.7 Å². The number of nitrogens with zero attached hydrogens (tertiary/aromatic N) is 1. The molecule has 1 amide bonds. The van der Waals surface area contributed by atoms with Gasteiger partial charge in [0.05, 0.1) is 4.92 Å². The van der Waals surface area contributed by atoms with Crippen LogP contribution in [0.2, 0.25) is 5.02 Å². The highest BCUT2D eigenvalue weighted by Gasteiger charge is 2.19. The molecule has 96 valence electrons. The molecule has 1 aromatic rings. The van der Waals surface area contributed by atoms with Gasteiger partial charge in [0.15, 0.2) is 0 Å². The number of amides is 1. The Morgan fingerprint density at radius 2 is 2.11 bits per heavy atom. The third-order valence-electron chi connectivity index (χ3n) is 2.12. The van der Waals surface area contributed by atoms with Crippen molar-refractivity contribution in [2.45, 2.75) is 13.0 Å². The van der Waals surface area contributed by atoms with Crippen molar-refractivity contribution in [1.82, 2.24) is 5.32 Å². The van der Waals surface area contributed by atoms with E-state index < -0.39 is 28.5 Å². The SMILES string of the molecule is CC(NC(=O)c1ccc(Cl)c([N+](=O)[O-])c1)C(=O)O. The fourth-order valence-electron chi connectivity index (χ4n) is 1.14. The Morgan fingerprint density at radius 1 is 1.50 bits per heavy atom. The van der Waals surface area contributed by atoms with Gasteiger partial charge in [-0.15, -0.1) is 0 Å². The molecule has 0 heterocycles. The fraction of sp³-hybridized carbons (Fsp3) is 0.200. The van der Waals surface area contributed by atoms with Crippen molar-refractivity contribution < 1.29 is 19.6 Å². The van der Waals surface area contributed by atoms with Crippen molar-refractivity contribution in [1.29, 1.82) is 0 Å². The average molecular weight is 273 g/mol. The highest BCUT2D eigenvalue weighted by Crippen LogP contribution is 2.24. The Kier molecular flexibility index (Phi) is 4.22. The molecular formula is C10H9ClN2O5. The molecule has 8 heteroatoms. The summed E-state index contributed by atoms with van der Waals surface area (Å²) in [5.41, 5.74) is -0.438. The van der Waals surface area contributed by atoms with Crippen LogP contribution in [0.3, 0.4) is 0 Å². The number of halogens is 1. The fourth-order valence-corrected chi connectivity index (χ4v) is 1.32. The molecule has 0 fully saturated rings. The molecule has 1 rings (SSSR count). The molecule has 0 aliphatic heterocycles. The van der Waals surface area contributed by atoms with Gasteiger partial charge in [0.2, 0.25) is 0 Å². The second-order valence-corrected chi connectivity index (χ2v) is 3.86. The van der Waals surface area contributed by atoms with Crippen LogP contribution in [0.4, 0.5) is 5.69 Å². The first-order chi connectivity index (χ1) is 8.32. The minimum absolute atomic E-state index is 0.0285. The summed E-state index contributed by atoms with van der Waals surface area (Å²) in [6.07, 6.45) is 0. The van der Waals surface area contributed by atoms with Crippen molar-refractivity contribution in [3.63, 3.8) is 0 Å². The van der Waals surface area contributed by atoms with Crippen molar-refractivity contribution >= 4 is 29.2 Å². The number of nitro groups is 1. The smallest absolute Gasteiger partial charge is 0.325 e. The molecule has 0 aromatic heterocycles. The maximum absolute atomic E-state index is 11.6. The Balaban J connectivity index is 2.97. The number of hydrogen-bond acceptors (Lipinski definition) is 4. The van der Waals surface area contributed by atoms with Crippen LogP contribution in [-0.2, 0) is 4.79 Å². The van der Waals surface area contributed by atoms with Crippen LogP contribution in [0, 0.1) is 10.1 Å². The number of carbonyl (C=O) groups excluding carboxylic acids is 1. The topological polar surface area (TPSA) is 110 Å². The van der Waals surface area contributed by atoms with E-state index in [0.29, 0.717) is 0 Å². The van der Waals surface area contributed by atoms with Gasteiger partial charge in [0.25, 0.3) is 11.6 Å². The minimum Gasteiger partial charge on any atom is -0.480 e. The molecule has 0 saturated carbocycles. The number of carboxylic acid groups (broad SMARTS) is 1. The number of rotatable bonds is 4. The molecule has 18 heavy (non-hydrogen) atoms. The van der Waals surface area contributed by atoms with Gasteiger partial charge in [-0.2, -0.15) is 0 Å². The number of benzene rings is 1. The van der Waals surface area contributed by atoms with Crippen molar-refractivity contribution in [2.75, 3.05) is 0 Å². The Morgan fingerprint density at radius 3 is 2.61 bits per heavy atom. The van der Waals surface area contributed by atoms with Crippen molar-refractivity contribution in [2.24, 2.45) is 0 Å². The zero-order valence-electron chi connectivity index (χ0n) is 9.21. The van der Waals surface area contributed by atoms with Crippen LogP contribution in [0.1, 0.15) is 17.3 Å². The van der Waals surface area contributed by atoms with E-state index >= 15 is 0 Å². The molecule has 0 spiro atoms. The van der Waals surface area contributed by atoms with E-state index in [-0.39, 0.29) is 10.6 Å². The first kappa shape index (κ1) is 13.9. The Bertz CT molecular complexity index is 517.